The molecule has 0 aliphatic carbocycles. The number of nitrogens with one attached hydrogen (secondary N) is 1. The van der Waals surface area contributed by atoms with Crippen molar-refractivity contribution in [2.45, 2.75) is 38.1 Å². The maximum absolute atomic E-state index is 3.68. The molecule has 4 rings (SSSR count). The number of hydrogen-bond acceptors (Lipinski definition) is 1. The first kappa shape index (κ1) is 19.3. The summed E-state index contributed by atoms with van der Waals surface area (Å²) in [5.74, 6) is 0.269. The molecule has 3 aromatic rings. The number of hydrogen-bond donors (Lipinski definition) is 1. The number of aryl methyl sites for hydroxylation is 1. The molecule has 146 valence electrons. The summed E-state index contributed by atoms with van der Waals surface area (Å²) in [6.07, 6.45) is 7.91. The fourth-order valence-corrected chi connectivity index (χ4v) is 4.34. The lowest BCUT2D eigenvalue weighted by Crippen LogP contribution is -2.25. The Morgan fingerprint density at radius 2 is 1.38 bits per heavy atom. The Balaban J connectivity index is 1.63. The van der Waals surface area contributed by atoms with Crippen molar-refractivity contribution in [2.75, 3.05) is 0 Å². The maximum atomic E-state index is 3.68. The zero-order chi connectivity index (χ0) is 19.9. The third-order valence-electron chi connectivity index (χ3n) is 5.89. The number of benzene rings is 3. The second-order valence-electron chi connectivity index (χ2n) is 7.81. The highest BCUT2D eigenvalue weighted by Crippen LogP contribution is 2.38. The summed E-state index contributed by atoms with van der Waals surface area (Å²) >= 11 is 0. The van der Waals surface area contributed by atoms with Crippen molar-refractivity contribution >= 4 is 5.57 Å². The molecule has 0 spiro atoms. The summed E-state index contributed by atoms with van der Waals surface area (Å²) in [6.45, 7) is 2.31. The Kier molecular flexibility index (Phi) is 6.26. The molecule has 1 heterocycles. The third kappa shape index (κ3) is 4.68. The average Bonchev–Trinajstić information content (AvgIpc) is 2.95. The molecule has 3 aromatic carbocycles. The van der Waals surface area contributed by atoms with Crippen LogP contribution in [0.5, 0.6) is 0 Å². The zero-order valence-corrected chi connectivity index (χ0v) is 17.1. The predicted octanol–water partition coefficient (Wildman–Crippen LogP) is 6.75. The molecule has 1 aliphatic rings. The van der Waals surface area contributed by atoms with Gasteiger partial charge < -0.3 is 5.32 Å². The molecule has 1 heteroatoms. The van der Waals surface area contributed by atoms with Gasteiger partial charge >= 0.3 is 0 Å². The molecule has 1 aliphatic heterocycles. The standard InChI is InChI=1S/C28H29N/c1-22-27(19-11-14-23-12-5-2-6-13-23)29-21-20-26(24-15-7-3-8-16-24)28(22)25-17-9-4-10-18-25/h2-10,12-13,15-18,20-21,26-27,29H,11,14,19H2,1H3. The van der Waals surface area contributed by atoms with Crippen molar-refractivity contribution in [3.8, 4) is 0 Å². The fourth-order valence-electron chi connectivity index (χ4n) is 4.34. The van der Waals surface area contributed by atoms with Crippen LogP contribution >= 0.6 is 0 Å². The van der Waals surface area contributed by atoms with Gasteiger partial charge in [-0.05, 0) is 60.2 Å². The van der Waals surface area contributed by atoms with E-state index in [0.717, 1.165) is 12.8 Å². The van der Waals surface area contributed by atoms with Gasteiger partial charge in [0.1, 0.15) is 0 Å². The maximum Gasteiger partial charge on any atom is 0.0471 e. The van der Waals surface area contributed by atoms with Crippen molar-refractivity contribution < 1.29 is 0 Å². The molecule has 0 aromatic heterocycles. The Morgan fingerprint density at radius 1 is 0.759 bits per heavy atom. The molecule has 1 N–H and O–H groups in total. The normalized spacial score (nSPS) is 18.9. The monoisotopic (exact) mass is 379 g/mol. The van der Waals surface area contributed by atoms with Crippen LogP contribution in [0.25, 0.3) is 5.57 Å². The van der Waals surface area contributed by atoms with Gasteiger partial charge in [-0.2, -0.15) is 0 Å². The molecule has 0 fully saturated rings. The quantitative estimate of drug-likeness (QED) is 0.499. The Morgan fingerprint density at radius 3 is 2.07 bits per heavy atom. The van der Waals surface area contributed by atoms with Crippen molar-refractivity contribution in [3.63, 3.8) is 0 Å². The van der Waals surface area contributed by atoms with Crippen LogP contribution in [-0.4, -0.2) is 6.04 Å². The van der Waals surface area contributed by atoms with Crippen LogP contribution in [0, 0.1) is 0 Å². The minimum absolute atomic E-state index is 0.269. The van der Waals surface area contributed by atoms with Crippen molar-refractivity contribution in [1.29, 1.82) is 0 Å². The van der Waals surface area contributed by atoms with Crippen LogP contribution in [0.2, 0.25) is 0 Å². The fraction of sp³-hybridized carbons (Fsp3) is 0.214. The Labute approximate surface area is 174 Å². The zero-order valence-electron chi connectivity index (χ0n) is 17.1. The molecule has 2 unspecified atom stereocenters. The number of allylic oxidation sites excluding steroid dienone is 2. The number of rotatable bonds is 6. The summed E-state index contributed by atoms with van der Waals surface area (Å²) in [6, 6.07) is 32.9. The highest BCUT2D eigenvalue weighted by atomic mass is 14.9. The van der Waals surface area contributed by atoms with E-state index >= 15 is 0 Å². The highest BCUT2D eigenvalue weighted by molar-refractivity contribution is 5.77. The lowest BCUT2D eigenvalue weighted by molar-refractivity contribution is 0.583. The first-order valence-electron chi connectivity index (χ1n) is 10.6. The van der Waals surface area contributed by atoms with Crippen LogP contribution in [-0.2, 0) is 6.42 Å². The predicted molar refractivity (Wildman–Crippen MR) is 124 cm³/mol. The molecule has 1 nitrogen and oxygen atoms in total. The minimum Gasteiger partial charge on any atom is -0.385 e. The Hall–Kier alpha value is -3.06. The van der Waals surface area contributed by atoms with Crippen LogP contribution in [0.1, 0.15) is 42.4 Å². The van der Waals surface area contributed by atoms with Gasteiger partial charge in [0.05, 0.1) is 0 Å². The summed E-state index contributed by atoms with van der Waals surface area (Å²) in [4.78, 5) is 0. The molecule has 29 heavy (non-hydrogen) atoms. The van der Waals surface area contributed by atoms with Crippen molar-refractivity contribution in [3.05, 3.63) is 126 Å². The Bertz CT molecular complexity index is 955. The van der Waals surface area contributed by atoms with Gasteiger partial charge in [-0.3, -0.25) is 0 Å². The van der Waals surface area contributed by atoms with Gasteiger partial charge in [-0.15, -0.1) is 0 Å². The van der Waals surface area contributed by atoms with Crippen molar-refractivity contribution in [2.24, 2.45) is 0 Å². The van der Waals surface area contributed by atoms with Gasteiger partial charge in [-0.25, -0.2) is 0 Å². The van der Waals surface area contributed by atoms with E-state index < -0.39 is 0 Å². The summed E-state index contributed by atoms with van der Waals surface area (Å²) < 4.78 is 0. The van der Waals surface area contributed by atoms with E-state index in [4.69, 9.17) is 0 Å². The van der Waals surface area contributed by atoms with E-state index in [1.165, 1.54) is 34.3 Å². The lowest BCUT2D eigenvalue weighted by Gasteiger charge is -2.24. The van der Waals surface area contributed by atoms with Gasteiger partial charge in [0.25, 0.3) is 0 Å². The van der Waals surface area contributed by atoms with E-state index in [1.54, 1.807) is 0 Å². The molecule has 0 saturated heterocycles. The SMILES string of the molecule is CC1=C(c2ccccc2)C(c2ccccc2)C=CNC1CCCc1ccccc1. The summed E-state index contributed by atoms with van der Waals surface area (Å²) in [5.41, 5.74) is 6.96. The van der Waals surface area contributed by atoms with E-state index in [2.05, 4.69) is 116 Å². The molecule has 2 atom stereocenters. The third-order valence-corrected chi connectivity index (χ3v) is 5.89. The largest absolute Gasteiger partial charge is 0.385 e. The molecule has 0 amide bonds. The minimum atomic E-state index is 0.269. The second-order valence-corrected chi connectivity index (χ2v) is 7.81. The summed E-state index contributed by atoms with van der Waals surface area (Å²) in [7, 11) is 0. The van der Waals surface area contributed by atoms with Crippen LogP contribution in [0.15, 0.2) is 109 Å². The van der Waals surface area contributed by atoms with Gasteiger partial charge in [0, 0.05) is 12.0 Å². The van der Waals surface area contributed by atoms with Gasteiger partial charge in [0.2, 0.25) is 0 Å². The van der Waals surface area contributed by atoms with E-state index in [1.807, 2.05) is 0 Å². The first-order valence-corrected chi connectivity index (χ1v) is 10.6. The molecular formula is C28H29N. The van der Waals surface area contributed by atoms with E-state index in [0.29, 0.717) is 6.04 Å². The smallest absolute Gasteiger partial charge is 0.0471 e. The first-order chi connectivity index (χ1) is 14.3. The van der Waals surface area contributed by atoms with E-state index in [-0.39, 0.29) is 5.92 Å². The second kappa shape index (κ2) is 9.43. The van der Waals surface area contributed by atoms with Crippen LogP contribution in [0.3, 0.4) is 0 Å². The molecule has 0 radical (unpaired) electrons. The average molecular weight is 380 g/mol. The highest BCUT2D eigenvalue weighted by Gasteiger charge is 2.24. The van der Waals surface area contributed by atoms with Gasteiger partial charge in [0.15, 0.2) is 0 Å². The van der Waals surface area contributed by atoms with Crippen molar-refractivity contribution in [1.82, 2.24) is 5.32 Å². The van der Waals surface area contributed by atoms with E-state index in [9.17, 15) is 0 Å². The lowest BCUT2D eigenvalue weighted by atomic mass is 9.82. The molecular weight excluding hydrogens is 350 g/mol. The topological polar surface area (TPSA) is 12.0 Å². The molecule has 0 saturated carbocycles. The molecule has 0 bridgehead atoms. The van der Waals surface area contributed by atoms with Crippen LogP contribution < -0.4 is 5.32 Å². The van der Waals surface area contributed by atoms with Crippen LogP contribution in [0.4, 0.5) is 0 Å². The summed E-state index contributed by atoms with van der Waals surface area (Å²) in [5, 5.41) is 3.68. The van der Waals surface area contributed by atoms with Gasteiger partial charge in [-0.1, -0.05) is 97.1 Å².